The van der Waals surface area contributed by atoms with E-state index in [1.54, 1.807) is 4.90 Å². The van der Waals surface area contributed by atoms with Crippen LogP contribution in [0.2, 0.25) is 5.02 Å². The number of amides is 2. The summed E-state index contributed by atoms with van der Waals surface area (Å²) in [5.74, 6) is -0.0720. The molecule has 0 fully saturated rings. The fraction of sp³-hybridized carbons (Fsp3) is 0.333. The first kappa shape index (κ1) is 20.0. The van der Waals surface area contributed by atoms with E-state index in [0.29, 0.717) is 31.1 Å². The summed E-state index contributed by atoms with van der Waals surface area (Å²) in [5, 5.41) is 3.61. The lowest BCUT2D eigenvalue weighted by Gasteiger charge is -2.22. The minimum absolute atomic E-state index is 0.0257. The van der Waals surface area contributed by atoms with E-state index in [4.69, 9.17) is 11.6 Å². The molecular formula is C21H25ClN2O2. The minimum atomic E-state index is -0.0463. The SMILES string of the molecule is CC(=O)N(CCC(=O)NCCc1ccc(Cl)cc1)Cc1ccccc1C. The third-order valence-electron chi connectivity index (χ3n) is 4.33. The molecule has 5 heteroatoms. The molecule has 0 heterocycles. The van der Waals surface area contributed by atoms with Crippen LogP contribution in [0.4, 0.5) is 0 Å². The van der Waals surface area contributed by atoms with Crippen LogP contribution in [0, 0.1) is 6.92 Å². The van der Waals surface area contributed by atoms with Gasteiger partial charge in [-0.2, -0.15) is 0 Å². The maximum atomic E-state index is 12.1. The van der Waals surface area contributed by atoms with Gasteiger partial charge >= 0.3 is 0 Å². The summed E-state index contributed by atoms with van der Waals surface area (Å²) in [6.45, 7) is 5.07. The molecule has 1 N–H and O–H groups in total. The Morgan fingerprint density at radius 3 is 2.42 bits per heavy atom. The molecule has 0 bridgehead atoms. The first-order valence-corrected chi connectivity index (χ1v) is 9.14. The van der Waals surface area contributed by atoms with E-state index in [-0.39, 0.29) is 11.8 Å². The van der Waals surface area contributed by atoms with Crippen molar-refractivity contribution in [3.8, 4) is 0 Å². The molecule has 0 saturated heterocycles. The van der Waals surface area contributed by atoms with Gasteiger partial charge in [0.05, 0.1) is 0 Å². The van der Waals surface area contributed by atoms with Gasteiger partial charge in [-0.05, 0) is 42.2 Å². The molecule has 2 rings (SSSR count). The number of aryl methyl sites for hydroxylation is 1. The normalized spacial score (nSPS) is 10.4. The maximum absolute atomic E-state index is 12.1. The first-order chi connectivity index (χ1) is 12.5. The highest BCUT2D eigenvalue weighted by molar-refractivity contribution is 6.30. The summed E-state index contributed by atoms with van der Waals surface area (Å²) in [4.78, 5) is 25.7. The van der Waals surface area contributed by atoms with E-state index in [9.17, 15) is 9.59 Å². The minimum Gasteiger partial charge on any atom is -0.356 e. The van der Waals surface area contributed by atoms with Crippen molar-refractivity contribution in [1.29, 1.82) is 0 Å². The molecule has 2 aromatic rings. The third-order valence-corrected chi connectivity index (χ3v) is 4.58. The molecular weight excluding hydrogens is 348 g/mol. The summed E-state index contributed by atoms with van der Waals surface area (Å²) in [7, 11) is 0. The van der Waals surface area contributed by atoms with Gasteiger partial charge < -0.3 is 10.2 Å². The van der Waals surface area contributed by atoms with Crippen LogP contribution in [-0.4, -0.2) is 29.8 Å². The van der Waals surface area contributed by atoms with E-state index in [2.05, 4.69) is 5.32 Å². The Balaban J connectivity index is 1.77. The van der Waals surface area contributed by atoms with Gasteiger partial charge in [0.15, 0.2) is 0 Å². The van der Waals surface area contributed by atoms with Crippen LogP contribution in [0.15, 0.2) is 48.5 Å². The van der Waals surface area contributed by atoms with E-state index in [1.807, 2.05) is 55.5 Å². The molecule has 4 nitrogen and oxygen atoms in total. The Morgan fingerprint density at radius 1 is 1.08 bits per heavy atom. The van der Waals surface area contributed by atoms with Crippen LogP contribution in [0.5, 0.6) is 0 Å². The second kappa shape index (κ2) is 9.97. The van der Waals surface area contributed by atoms with Crippen LogP contribution in [0.25, 0.3) is 0 Å². The lowest BCUT2D eigenvalue weighted by atomic mass is 10.1. The molecule has 26 heavy (non-hydrogen) atoms. The van der Waals surface area contributed by atoms with Crippen LogP contribution >= 0.6 is 11.6 Å². The number of carbonyl (C=O) groups is 2. The predicted octanol–water partition coefficient (Wildman–Crippen LogP) is 3.75. The van der Waals surface area contributed by atoms with Gasteiger partial charge in [0.2, 0.25) is 11.8 Å². The molecule has 2 amide bonds. The van der Waals surface area contributed by atoms with Gasteiger partial charge in [-0.25, -0.2) is 0 Å². The zero-order valence-electron chi connectivity index (χ0n) is 15.3. The summed E-state index contributed by atoms with van der Waals surface area (Å²) in [5.41, 5.74) is 3.37. The maximum Gasteiger partial charge on any atom is 0.221 e. The third kappa shape index (κ3) is 6.52. The van der Waals surface area contributed by atoms with Crippen molar-refractivity contribution in [3.63, 3.8) is 0 Å². The number of benzene rings is 2. The molecule has 0 aliphatic rings. The number of hydrogen-bond donors (Lipinski definition) is 1. The topological polar surface area (TPSA) is 49.4 Å². The highest BCUT2D eigenvalue weighted by Gasteiger charge is 2.12. The highest BCUT2D eigenvalue weighted by atomic mass is 35.5. The van der Waals surface area contributed by atoms with E-state index in [0.717, 1.165) is 23.1 Å². The number of carbonyl (C=O) groups excluding carboxylic acids is 2. The lowest BCUT2D eigenvalue weighted by molar-refractivity contribution is -0.130. The molecule has 0 unspecified atom stereocenters. The molecule has 0 aliphatic carbocycles. The average Bonchev–Trinajstić information content (AvgIpc) is 2.61. The monoisotopic (exact) mass is 372 g/mol. The molecule has 0 radical (unpaired) electrons. The molecule has 138 valence electrons. The highest BCUT2D eigenvalue weighted by Crippen LogP contribution is 2.11. The number of hydrogen-bond acceptors (Lipinski definition) is 2. The second-order valence-electron chi connectivity index (χ2n) is 6.34. The van der Waals surface area contributed by atoms with Crippen molar-refractivity contribution in [1.82, 2.24) is 10.2 Å². The number of nitrogens with zero attached hydrogens (tertiary/aromatic N) is 1. The van der Waals surface area contributed by atoms with Gasteiger partial charge in [-0.1, -0.05) is 48.0 Å². The van der Waals surface area contributed by atoms with Crippen molar-refractivity contribution in [3.05, 3.63) is 70.2 Å². The van der Waals surface area contributed by atoms with E-state index < -0.39 is 0 Å². The Morgan fingerprint density at radius 2 is 1.77 bits per heavy atom. The molecule has 0 spiro atoms. The van der Waals surface area contributed by atoms with Crippen LogP contribution in [-0.2, 0) is 22.6 Å². The summed E-state index contributed by atoms with van der Waals surface area (Å²) < 4.78 is 0. The first-order valence-electron chi connectivity index (χ1n) is 8.77. The standard InChI is InChI=1S/C21H25ClN2O2/c1-16-5-3-4-6-19(16)15-24(17(2)25)14-12-21(26)23-13-11-18-7-9-20(22)10-8-18/h3-10H,11-15H2,1-2H3,(H,23,26). The molecule has 2 aromatic carbocycles. The zero-order chi connectivity index (χ0) is 18.9. The molecule has 0 atom stereocenters. The van der Waals surface area contributed by atoms with Gasteiger partial charge in [-0.3, -0.25) is 9.59 Å². The zero-order valence-corrected chi connectivity index (χ0v) is 16.1. The Kier molecular flexibility index (Phi) is 7.67. The fourth-order valence-corrected chi connectivity index (χ4v) is 2.79. The summed E-state index contributed by atoms with van der Waals surface area (Å²) >= 11 is 5.86. The number of halogens is 1. The van der Waals surface area contributed by atoms with Crippen molar-refractivity contribution in [2.24, 2.45) is 0 Å². The van der Waals surface area contributed by atoms with E-state index in [1.165, 1.54) is 6.92 Å². The van der Waals surface area contributed by atoms with Gasteiger partial charge in [0.1, 0.15) is 0 Å². The van der Waals surface area contributed by atoms with E-state index >= 15 is 0 Å². The van der Waals surface area contributed by atoms with Crippen LogP contribution < -0.4 is 5.32 Å². The predicted molar refractivity (Wildman–Crippen MR) is 105 cm³/mol. The Bertz CT molecular complexity index is 744. The molecule has 0 aliphatic heterocycles. The van der Waals surface area contributed by atoms with Crippen LogP contribution in [0.3, 0.4) is 0 Å². The fourth-order valence-electron chi connectivity index (χ4n) is 2.66. The number of rotatable bonds is 8. The quantitative estimate of drug-likeness (QED) is 0.767. The Labute approximate surface area is 160 Å². The van der Waals surface area contributed by atoms with Gasteiger partial charge in [0, 0.05) is 38.0 Å². The van der Waals surface area contributed by atoms with Crippen molar-refractivity contribution >= 4 is 23.4 Å². The summed E-state index contributed by atoms with van der Waals surface area (Å²) in [6, 6.07) is 15.6. The molecule has 0 aromatic heterocycles. The summed E-state index contributed by atoms with van der Waals surface area (Å²) in [6.07, 6.45) is 1.05. The smallest absolute Gasteiger partial charge is 0.221 e. The molecule has 0 saturated carbocycles. The van der Waals surface area contributed by atoms with Crippen molar-refractivity contribution < 1.29 is 9.59 Å². The second-order valence-corrected chi connectivity index (χ2v) is 6.78. The average molecular weight is 373 g/mol. The lowest BCUT2D eigenvalue weighted by Crippen LogP contribution is -2.34. The van der Waals surface area contributed by atoms with Crippen molar-refractivity contribution in [2.75, 3.05) is 13.1 Å². The van der Waals surface area contributed by atoms with Crippen molar-refractivity contribution in [2.45, 2.75) is 33.2 Å². The number of nitrogens with one attached hydrogen (secondary N) is 1. The van der Waals surface area contributed by atoms with Crippen LogP contribution in [0.1, 0.15) is 30.0 Å². The van der Waals surface area contributed by atoms with Gasteiger partial charge in [-0.15, -0.1) is 0 Å². The van der Waals surface area contributed by atoms with Gasteiger partial charge in [0.25, 0.3) is 0 Å². The Hall–Kier alpha value is -2.33. The largest absolute Gasteiger partial charge is 0.356 e.